The Morgan fingerprint density at radius 2 is 1.12 bits per heavy atom. The average molecular weight is 437 g/mol. The Morgan fingerprint density at radius 1 is 0.625 bits per heavy atom. The molecule has 0 unspecified atom stereocenters. The standard InChI is InChI=1S/C28H22BClO2/c1-27(2)20-11-5-7-13-22(20)28(23-14-8-6-12-21(23)27)19-10-4-3-9-17(19)18-15-25(29(31)32)26(30)16-24(18)28/h3-16,31-32H,1-2H3. The number of hydrogen-bond acceptors (Lipinski definition) is 2. The van der Waals surface area contributed by atoms with E-state index in [-0.39, 0.29) is 5.41 Å². The molecule has 2 nitrogen and oxygen atoms in total. The van der Waals surface area contributed by atoms with Gasteiger partial charge in [-0.2, -0.15) is 0 Å². The first-order valence-electron chi connectivity index (χ1n) is 10.9. The van der Waals surface area contributed by atoms with Crippen LogP contribution in [0.1, 0.15) is 47.2 Å². The summed E-state index contributed by atoms with van der Waals surface area (Å²) in [6.07, 6.45) is 0. The van der Waals surface area contributed by atoms with E-state index in [1.54, 1.807) is 0 Å². The monoisotopic (exact) mass is 436 g/mol. The summed E-state index contributed by atoms with van der Waals surface area (Å²) in [6, 6.07) is 29.6. The summed E-state index contributed by atoms with van der Waals surface area (Å²) < 4.78 is 0. The second-order valence-electron chi connectivity index (χ2n) is 9.30. The van der Waals surface area contributed by atoms with Crippen molar-refractivity contribution >= 4 is 24.2 Å². The molecule has 2 N–H and O–H groups in total. The maximum absolute atomic E-state index is 9.94. The average Bonchev–Trinajstić information content (AvgIpc) is 3.07. The van der Waals surface area contributed by atoms with Crippen molar-refractivity contribution in [3.63, 3.8) is 0 Å². The van der Waals surface area contributed by atoms with Crippen molar-refractivity contribution in [3.05, 3.63) is 123 Å². The predicted octanol–water partition coefficient (Wildman–Crippen LogP) is 5.02. The minimum Gasteiger partial charge on any atom is -0.423 e. The number of hydrogen-bond donors (Lipinski definition) is 2. The summed E-state index contributed by atoms with van der Waals surface area (Å²) in [6.45, 7) is 4.58. The molecule has 4 aromatic carbocycles. The summed E-state index contributed by atoms with van der Waals surface area (Å²) in [5.74, 6) is 0. The SMILES string of the molecule is CC1(C)c2ccccc2C2(c3ccccc3-c3cc(B(O)O)c(Cl)cc32)c2ccccc21. The zero-order valence-corrected chi connectivity index (χ0v) is 18.7. The Hall–Kier alpha value is -2.85. The summed E-state index contributed by atoms with van der Waals surface area (Å²) in [4.78, 5) is 0. The number of fused-ring (bicyclic) bond motifs is 9. The van der Waals surface area contributed by atoms with Gasteiger partial charge in [-0.3, -0.25) is 0 Å². The molecular formula is C28H22BClO2. The maximum Gasteiger partial charge on any atom is 0.489 e. The molecule has 0 radical (unpaired) electrons. The minimum absolute atomic E-state index is 0.152. The van der Waals surface area contributed by atoms with Crippen molar-refractivity contribution < 1.29 is 10.0 Å². The van der Waals surface area contributed by atoms with Gasteiger partial charge in [-0.25, -0.2) is 0 Å². The normalized spacial score (nSPS) is 16.2. The molecular weight excluding hydrogens is 415 g/mol. The molecule has 0 saturated carbocycles. The lowest BCUT2D eigenvalue weighted by Gasteiger charge is -2.46. The third-order valence-electron chi connectivity index (χ3n) is 7.45. The molecule has 0 atom stereocenters. The molecule has 0 aromatic heterocycles. The first-order chi connectivity index (χ1) is 15.4. The highest BCUT2D eigenvalue weighted by Gasteiger charge is 2.53. The molecule has 4 aromatic rings. The fourth-order valence-corrected chi connectivity index (χ4v) is 6.35. The van der Waals surface area contributed by atoms with Gasteiger partial charge < -0.3 is 10.0 Å². The van der Waals surface area contributed by atoms with E-state index in [1.165, 1.54) is 27.8 Å². The van der Waals surface area contributed by atoms with E-state index in [1.807, 2.05) is 18.2 Å². The fourth-order valence-electron chi connectivity index (χ4n) is 6.09. The van der Waals surface area contributed by atoms with Gasteiger partial charge in [0.05, 0.1) is 5.41 Å². The van der Waals surface area contributed by atoms with E-state index in [9.17, 15) is 10.0 Å². The molecule has 0 amide bonds. The lowest BCUT2D eigenvalue weighted by atomic mass is 9.55. The van der Waals surface area contributed by atoms with Gasteiger partial charge in [0.15, 0.2) is 0 Å². The Balaban J connectivity index is 1.85. The second kappa shape index (κ2) is 6.58. The van der Waals surface area contributed by atoms with Gasteiger partial charge in [-0.05, 0) is 50.6 Å². The number of rotatable bonds is 1. The Bertz CT molecular complexity index is 1360. The lowest BCUT2D eigenvalue weighted by molar-refractivity contribution is 0.426. The molecule has 0 heterocycles. The van der Waals surface area contributed by atoms with Gasteiger partial charge in [0.1, 0.15) is 0 Å². The first kappa shape index (κ1) is 19.8. The molecule has 1 spiro atoms. The van der Waals surface area contributed by atoms with Crippen molar-refractivity contribution in [1.82, 2.24) is 0 Å². The van der Waals surface area contributed by atoms with Crippen LogP contribution in [0.2, 0.25) is 5.02 Å². The second-order valence-corrected chi connectivity index (χ2v) is 9.71. The van der Waals surface area contributed by atoms with Gasteiger partial charge in [-0.15, -0.1) is 0 Å². The molecule has 0 saturated heterocycles. The molecule has 32 heavy (non-hydrogen) atoms. The van der Waals surface area contributed by atoms with E-state index in [4.69, 9.17) is 11.6 Å². The van der Waals surface area contributed by atoms with Crippen molar-refractivity contribution in [1.29, 1.82) is 0 Å². The smallest absolute Gasteiger partial charge is 0.423 e. The first-order valence-corrected chi connectivity index (χ1v) is 11.3. The lowest BCUT2D eigenvalue weighted by Crippen LogP contribution is -2.41. The summed E-state index contributed by atoms with van der Waals surface area (Å²) in [7, 11) is -1.62. The number of benzene rings is 4. The zero-order valence-electron chi connectivity index (χ0n) is 17.9. The van der Waals surface area contributed by atoms with Crippen LogP contribution in [0.15, 0.2) is 84.9 Å². The van der Waals surface area contributed by atoms with E-state index >= 15 is 0 Å². The third kappa shape index (κ3) is 2.29. The molecule has 2 aliphatic carbocycles. The maximum atomic E-state index is 9.94. The van der Waals surface area contributed by atoms with Gasteiger partial charge in [-0.1, -0.05) is 104 Å². The van der Waals surface area contributed by atoms with Gasteiger partial charge in [0.2, 0.25) is 0 Å². The quantitative estimate of drug-likeness (QED) is 0.362. The Kier molecular flexibility index (Phi) is 4.08. The van der Waals surface area contributed by atoms with E-state index in [0.717, 1.165) is 16.7 Å². The van der Waals surface area contributed by atoms with Crippen LogP contribution in [0.3, 0.4) is 0 Å². The zero-order chi connectivity index (χ0) is 22.3. The predicted molar refractivity (Wildman–Crippen MR) is 131 cm³/mol. The molecule has 0 fully saturated rings. The molecule has 0 bridgehead atoms. The van der Waals surface area contributed by atoms with Crippen LogP contribution in [0.25, 0.3) is 11.1 Å². The number of halogens is 1. The topological polar surface area (TPSA) is 40.5 Å². The van der Waals surface area contributed by atoms with Crippen LogP contribution in [0.4, 0.5) is 0 Å². The van der Waals surface area contributed by atoms with E-state index in [0.29, 0.717) is 10.5 Å². The largest absolute Gasteiger partial charge is 0.489 e. The van der Waals surface area contributed by atoms with Crippen molar-refractivity contribution in [3.8, 4) is 11.1 Å². The van der Waals surface area contributed by atoms with Gasteiger partial charge >= 0.3 is 7.12 Å². The Labute approximate surface area is 193 Å². The summed E-state index contributed by atoms with van der Waals surface area (Å²) in [5, 5.41) is 20.2. The van der Waals surface area contributed by atoms with Crippen molar-refractivity contribution in [2.24, 2.45) is 0 Å². The van der Waals surface area contributed by atoms with Crippen LogP contribution >= 0.6 is 11.6 Å². The van der Waals surface area contributed by atoms with Crippen LogP contribution in [0, 0.1) is 0 Å². The van der Waals surface area contributed by atoms with Crippen molar-refractivity contribution in [2.45, 2.75) is 24.7 Å². The third-order valence-corrected chi connectivity index (χ3v) is 7.78. The van der Waals surface area contributed by atoms with Gasteiger partial charge in [0.25, 0.3) is 0 Å². The minimum atomic E-state index is -1.62. The van der Waals surface area contributed by atoms with Crippen molar-refractivity contribution in [2.75, 3.05) is 0 Å². The molecule has 156 valence electrons. The summed E-state index contributed by atoms with van der Waals surface area (Å²) >= 11 is 6.64. The molecule has 0 aliphatic heterocycles. The summed E-state index contributed by atoms with van der Waals surface area (Å²) in [5.41, 5.74) is 9.14. The molecule has 6 rings (SSSR count). The van der Waals surface area contributed by atoms with Gasteiger partial charge in [0, 0.05) is 15.9 Å². The highest BCUT2D eigenvalue weighted by molar-refractivity contribution is 6.63. The molecule has 2 aliphatic rings. The fraction of sp³-hybridized carbons (Fsp3) is 0.143. The van der Waals surface area contributed by atoms with Crippen LogP contribution in [-0.4, -0.2) is 17.2 Å². The van der Waals surface area contributed by atoms with Crippen LogP contribution in [-0.2, 0) is 10.8 Å². The van der Waals surface area contributed by atoms with Crippen LogP contribution < -0.4 is 5.46 Å². The highest BCUT2D eigenvalue weighted by atomic mass is 35.5. The van der Waals surface area contributed by atoms with Crippen LogP contribution in [0.5, 0.6) is 0 Å². The van der Waals surface area contributed by atoms with E-state index in [2.05, 4.69) is 80.6 Å². The molecule has 4 heteroatoms. The Morgan fingerprint density at radius 3 is 1.69 bits per heavy atom. The van der Waals surface area contributed by atoms with E-state index < -0.39 is 12.5 Å². The highest BCUT2D eigenvalue weighted by Crippen LogP contribution is 2.62.